The zero-order valence-corrected chi connectivity index (χ0v) is 10.1. The molecule has 90 valence electrons. The normalized spacial score (nSPS) is 12.4. The molecule has 1 rings (SSSR count). The van der Waals surface area contributed by atoms with E-state index >= 15 is 0 Å². The van der Waals surface area contributed by atoms with Gasteiger partial charge >= 0.3 is 0 Å². The lowest BCUT2D eigenvalue weighted by molar-refractivity contribution is 0.276. The van der Waals surface area contributed by atoms with Gasteiger partial charge in [-0.25, -0.2) is 0 Å². The van der Waals surface area contributed by atoms with E-state index in [4.69, 9.17) is 9.84 Å². The first-order valence-electron chi connectivity index (χ1n) is 5.73. The molecule has 1 aromatic carbocycles. The maximum Gasteiger partial charge on any atom is 0.118 e. The van der Waals surface area contributed by atoms with Gasteiger partial charge in [-0.3, -0.25) is 0 Å². The zero-order chi connectivity index (χ0) is 11.8. The van der Waals surface area contributed by atoms with Crippen molar-refractivity contribution in [3.63, 3.8) is 0 Å². The summed E-state index contributed by atoms with van der Waals surface area (Å²) in [4.78, 5) is 0. The smallest absolute Gasteiger partial charge is 0.118 e. The Hall–Kier alpha value is -1.06. The predicted molar refractivity (Wildman–Crippen MR) is 65.6 cm³/mol. The van der Waals surface area contributed by atoms with Crippen molar-refractivity contribution < 1.29 is 9.84 Å². The topological polar surface area (TPSA) is 41.5 Å². The van der Waals surface area contributed by atoms with E-state index in [0.29, 0.717) is 6.04 Å². The zero-order valence-electron chi connectivity index (χ0n) is 10.1. The minimum Gasteiger partial charge on any atom is -0.497 e. The van der Waals surface area contributed by atoms with Crippen LogP contribution in [0, 0.1) is 0 Å². The van der Waals surface area contributed by atoms with Crippen LogP contribution >= 0.6 is 0 Å². The van der Waals surface area contributed by atoms with Crippen LogP contribution in [0.4, 0.5) is 0 Å². The van der Waals surface area contributed by atoms with E-state index in [1.165, 1.54) is 5.56 Å². The van der Waals surface area contributed by atoms with E-state index in [9.17, 15) is 0 Å². The Morgan fingerprint density at radius 3 is 2.56 bits per heavy atom. The van der Waals surface area contributed by atoms with E-state index in [0.717, 1.165) is 25.1 Å². The quantitative estimate of drug-likeness (QED) is 0.742. The Morgan fingerprint density at radius 2 is 2.00 bits per heavy atom. The predicted octanol–water partition coefficient (Wildman–Crippen LogP) is 1.95. The van der Waals surface area contributed by atoms with Gasteiger partial charge in [0.15, 0.2) is 0 Å². The minimum atomic E-state index is 0.272. The van der Waals surface area contributed by atoms with Crippen LogP contribution < -0.4 is 10.1 Å². The van der Waals surface area contributed by atoms with Crippen LogP contribution in [-0.2, 0) is 6.54 Å². The molecule has 0 aliphatic heterocycles. The molecular weight excluding hydrogens is 202 g/mol. The van der Waals surface area contributed by atoms with Crippen LogP contribution in [0.5, 0.6) is 5.75 Å². The Morgan fingerprint density at radius 1 is 1.31 bits per heavy atom. The van der Waals surface area contributed by atoms with Gasteiger partial charge in [0.1, 0.15) is 5.75 Å². The van der Waals surface area contributed by atoms with Gasteiger partial charge in [0.2, 0.25) is 0 Å². The lowest BCUT2D eigenvalue weighted by Crippen LogP contribution is -2.25. The molecule has 1 atom stereocenters. The molecule has 0 bridgehead atoms. The van der Waals surface area contributed by atoms with Crippen LogP contribution in [0.15, 0.2) is 24.3 Å². The number of hydrogen-bond acceptors (Lipinski definition) is 3. The Bertz CT molecular complexity index is 284. The first-order valence-corrected chi connectivity index (χ1v) is 5.73. The van der Waals surface area contributed by atoms with Crippen LogP contribution in [0.25, 0.3) is 0 Å². The van der Waals surface area contributed by atoms with Crippen LogP contribution in [0.1, 0.15) is 25.3 Å². The summed E-state index contributed by atoms with van der Waals surface area (Å²) < 4.78 is 5.10. The molecule has 16 heavy (non-hydrogen) atoms. The van der Waals surface area contributed by atoms with E-state index in [1.54, 1.807) is 7.11 Å². The first-order chi connectivity index (χ1) is 7.76. The second-order valence-electron chi connectivity index (χ2n) is 4.00. The average molecular weight is 223 g/mol. The molecule has 1 aromatic rings. The second kappa shape index (κ2) is 7.25. The van der Waals surface area contributed by atoms with E-state index in [1.807, 2.05) is 12.1 Å². The van der Waals surface area contributed by atoms with Gasteiger partial charge in [0.25, 0.3) is 0 Å². The summed E-state index contributed by atoms with van der Waals surface area (Å²) in [5.41, 5.74) is 1.25. The Labute approximate surface area is 97.4 Å². The Balaban J connectivity index is 2.30. The van der Waals surface area contributed by atoms with Gasteiger partial charge in [-0.2, -0.15) is 0 Å². The number of nitrogens with one attached hydrogen (secondary N) is 1. The summed E-state index contributed by atoms with van der Waals surface area (Å²) in [6.45, 7) is 3.27. The largest absolute Gasteiger partial charge is 0.497 e. The highest BCUT2D eigenvalue weighted by atomic mass is 16.5. The molecule has 0 fully saturated rings. The number of methoxy groups -OCH3 is 1. The third-order valence-electron chi connectivity index (χ3n) is 2.61. The standard InChI is InChI=1S/C13H21NO2/c1-11(4-3-9-15)14-10-12-5-7-13(16-2)8-6-12/h5-8,11,14-15H,3-4,9-10H2,1-2H3. The molecule has 0 heterocycles. The lowest BCUT2D eigenvalue weighted by atomic mass is 10.1. The van der Waals surface area contributed by atoms with Gasteiger partial charge in [0, 0.05) is 19.2 Å². The third-order valence-corrected chi connectivity index (χ3v) is 2.61. The highest BCUT2D eigenvalue weighted by Crippen LogP contribution is 2.11. The molecule has 2 N–H and O–H groups in total. The van der Waals surface area contributed by atoms with Gasteiger partial charge < -0.3 is 15.2 Å². The summed E-state index contributed by atoms with van der Waals surface area (Å²) in [7, 11) is 1.67. The van der Waals surface area contributed by atoms with Gasteiger partial charge in [0.05, 0.1) is 7.11 Å². The van der Waals surface area contributed by atoms with E-state index < -0.39 is 0 Å². The number of hydrogen-bond donors (Lipinski definition) is 2. The number of benzene rings is 1. The molecule has 0 saturated carbocycles. The molecule has 3 nitrogen and oxygen atoms in total. The molecule has 0 saturated heterocycles. The van der Waals surface area contributed by atoms with Crippen molar-refractivity contribution in [2.24, 2.45) is 0 Å². The van der Waals surface area contributed by atoms with Gasteiger partial charge in [-0.15, -0.1) is 0 Å². The first kappa shape index (κ1) is 13.0. The molecule has 0 aliphatic rings. The fraction of sp³-hybridized carbons (Fsp3) is 0.538. The minimum absolute atomic E-state index is 0.272. The highest BCUT2D eigenvalue weighted by Gasteiger charge is 2.01. The lowest BCUT2D eigenvalue weighted by Gasteiger charge is -2.13. The molecule has 0 amide bonds. The average Bonchev–Trinajstić information content (AvgIpc) is 2.34. The van der Waals surface area contributed by atoms with Crippen LogP contribution in [-0.4, -0.2) is 24.9 Å². The Kier molecular flexibility index (Phi) is 5.90. The maximum absolute atomic E-state index is 8.72. The summed E-state index contributed by atoms with van der Waals surface area (Å²) in [5, 5.41) is 12.1. The number of aliphatic hydroxyl groups excluding tert-OH is 1. The third kappa shape index (κ3) is 4.64. The van der Waals surface area contributed by atoms with Crippen molar-refractivity contribution in [2.45, 2.75) is 32.4 Å². The molecule has 3 heteroatoms. The summed E-state index contributed by atoms with van der Waals surface area (Å²) >= 11 is 0. The fourth-order valence-corrected chi connectivity index (χ4v) is 1.54. The number of ether oxygens (including phenoxy) is 1. The van der Waals surface area contributed by atoms with E-state index in [2.05, 4.69) is 24.4 Å². The van der Waals surface area contributed by atoms with Crippen LogP contribution in [0.3, 0.4) is 0 Å². The van der Waals surface area contributed by atoms with Crippen molar-refractivity contribution in [1.29, 1.82) is 0 Å². The number of aliphatic hydroxyl groups is 1. The molecule has 0 aliphatic carbocycles. The van der Waals surface area contributed by atoms with Crippen molar-refractivity contribution in [2.75, 3.05) is 13.7 Å². The molecule has 0 aromatic heterocycles. The van der Waals surface area contributed by atoms with E-state index in [-0.39, 0.29) is 6.61 Å². The molecule has 0 radical (unpaired) electrons. The van der Waals surface area contributed by atoms with Crippen molar-refractivity contribution in [1.82, 2.24) is 5.32 Å². The second-order valence-corrected chi connectivity index (χ2v) is 4.00. The summed E-state index contributed by atoms with van der Waals surface area (Å²) in [5.74, 6) is 0.886. The maximum atomic E-state index is 8.72. The SMILES string of the molecule is COc1ccc(CNC(C)CCCO)cc1. The van der Waals surface area contributed by atoms with Crippen LogP contribution in [0.2, 0.25) is 0 Å². The number of rotatable bonds is 7. The van der Waals surface area contributed by atoms with Crippen molar-refractivity contribution in [3.8, 4) is 5.75 Å². The molecule has 1 unspecified atom stereocenters. The van der Waals surface area contributed by atoms with Crippen molar-refractivity contribution >= 4 is 0 Å². The molecule has 0 spiro atoms. The monoisotopic (exact) mass is 223 g/mol. The summed E-state index contributed by atoms with van der Waals surface area (Å²) in [6.07, 6.45) is 1.86. The summed E-state index contributed by atoms with van der Waals surface area (Å²) in [6, 6.07) is 8.49. The molecular formula is C13H21NO2. The fourth-order valence-electron chi connectivity index (χ4n) is 1.54. The van der Waals surface area contributed by atoms with Gasteiger partial charge in [-0.05, 0) is 37.5 Å². The van der Waals surface area contributed by atoms with Crippen molar-refractivity contribution in [3.05, 3.63) is 29.8 Å². The highest BCUT2D eigenvalue weighted by molar-refractivity contribution is 5.26. The van der Waals surface area contributed by atoms with Gasteiger partial charge in [-0.1, -0.05) is 12.1 Å².